The first kappa shape index (κ1) is 14.9. The number of carbonyl (C=O) groups is 1. The van der Waals surface area contributed by atoms with Crippen molar-refractivity contribution >= 4 is 12.0 Å². The van der Waals surface area contributed by atoms with E-state index in [1.54, 1.807) is 0 Å². The average Bonchev–Trinajstić information content (AvgIpc) is 3.37. The van der Waals surface area contributed by atoms with E-state index in [9.17, 15) is 4.79 Å². The van der Waals surface area contributed by atoms with Crippen LogP contribution in [0.2, 0.25) is 0 Å². The van der Waals surface area contributed by atoms with Crippen LogP contribution in [-0.2, 0) is 4.79 Å². The summed E-state index contributed by atoms with van der Waals surface area (Å²) in [5.41, 5.74) is 7.49. The van der Waals surface area contributed by atoms with Crippen LogP contribution in [0.5, 0.6) is 11.5 Å². The third-order valence-corrected chi connectivity index (χ3v) is 4.03. The Morgan fingerprint density at radius 2 is 2.32 bits per heavy atom. The molecule has 0 radical (unpaired) electrons. The summed E-state index contributed by atoms with van der Waals surface area (Å²) in [6, 6.07) is 5.75. The summed E-state index contributed by atoms with van der Waals surface area (Å²) < 4.78 is 11.3. The first-order chi connectivity index (χ1) is 10.7. The molecule has 1 aromatic carbocycles. The second kappa shape index (κ2) is 6.40. The number of hydrogen-bond donors (Lipinski definition) is 2. The van der Waals surface area contributed by atoms with Crippen molar-refractivity contribution in [3.63, 3.8) is 0 Å². The van der Waals surface area contributed by atoms with Gasteiger partial charge in [0, 0.05) is 18.2 Å². The van der Waals surface area contributed by atoms with Crippen molar-refractivity contribution in [1.82, 2.24) is 5.32 Å². The van der Waals surface area contributed by atoms with Gasteiger partial charge >= 0.3 is 0 Å². The van der Waals surface area contributed by atoms with Crippen molar-refractivity contribution in [3.05, 3.63) is 29.3 Å². The zero-order chi connectivity index (χ0) is 15.5. The molecule has 5 nitrogen and oxygen atoms in total. The van der Waals surface area contributed by atoms with Crippen LogP contribution < -0.4 is 20.5 Å². The van der Waals surface area contributed by atoms with Gasteiger partial charge < -0.3 is 20.5 Å². The van der Waals surface area contributed by atoms with Crippen molar-refractivity contribution in [2.75, 3.05) is 19.8 Å². The van der Waals surface area contributed by atoms with Crippen molar-refractivity contribution in [1.29, 1.82) is 0 Å². The van der Waals surface area contributed by atoms with Crippen LogP contribution in [0.4, 0.5) is 0 Å². The van der Waals surface area contributed by atoms with Gasteiger partial charge in [0.05, 0.1) is 12.2 Å². The number of rotatable bonds is 6. The molecule has 5 heteroatoms. The molecular weight excluding hydrogens is 280 g/mol. The number of amides is 1. The maximum absolute atomic E-state index is 12.2. The monoisotopic (exact) mass is 302 g/mol. The Balaban J connectivity index is 1.67. The van der Waals surface area contributed by atoms with E-state index in [-0.39, 0.29) is 18.6 Å². The lowest BCUT2D eigenvalue weighted by atomic mass is 10.1. The van der Waals surface area contributed by atoms with Crippen LogP contribution in [0, 0.1) is 5.92 Å². The van der Waals surface area contributed by atoms with Gasteiger partial charge in [0.25, 0.3) is 5.91 Å². The van der Waals surface area contributed by atoms with E-state index < -0.39 is 0 Å². The molecule has 0 bridgehead atoms. The molecule has 1 aliphatic carbocycles. The fraction of sp³-hybridized carbons (Fsp3) is 0.471. The molecule has 0 spiro atoms. The highest BCUT2D eigenvalue weighted by Crippen LogP contribution is 2.35. The van der Waals surface area contributed by atoms with Gasteiger partial charge in [-0.05, 0) is 37.8 Å². The highest BCUT2D eigenvalue weighted by atomic mass is 16.5. The van der Waals surface area contributed by atoms with E-state index in [0.29, 0.717) is 36.1 Å². The van der Waals surface area contributed by atoms with Crippen molar-refractivity contribution in [2.45, 2.75) is 25.8 Å². The van der Waals surface area contributed by atoms with Gasteiger partial charge in [-0.2, -0.15) is 0 Å². The summed E-state index contributed by atoms with van der Waals surface area (Å²) in [6.07, 6.45) is 4.21. The number of hydrogen-bond acceptors (Lipinski definition) is 4. The molecule has 3 N–H and O–H groups in total. The third kappa shape index (κ3) is 3.25. The minimum Gasteiger partial charge on any atom is -0.490 e. The van der Waals surface area contributed by atoms with E-state index in [4.69, 9.17) is 15.2 Å². The van der Waals surface area contributed by atoms with E-state index in [1.165, 1.54) is 12.8 Å². The summed E-state index contributed by atoms with van der Waals surface area (Å²) in [5.74, 6) is 1.89. The maximum atomic E-state index is 12.2. The van der Waals surface area contributed by atoms with Crippen molar-refractivity contribution in [3.8, 4) is 11.5 Å². The SMILES string of the molecule is CCOc1cccc2c1OCC(C(=O)NCC(N)C1CC1)=C2. The van der Waals surface area contributed by atoms with E-state index in [1.807, 2.05) is 31.2 Å². The topological polar surface area (TPSA) is 73.6 Å². The summed E-state index contributed by atoms with van der Waals surface area (Å²) in [5, 5.41) is 2.90. The second-order valence-corrected chi connectivity index (χ2v) is 5.78. The smallest absolute Gasteiger partial charge is 0.250 e. The number of benzene rings is 1. The van der Waals surface area contributed by atoms with Crippen LogP contribution in [0.15, 0.2) is 23.8 Å². The molecular formula is C17H22N2O3. The Morgan fingerprint density at radius 1 is 1.50 bits per heavy atom. The lowest BCUT2D eigenvalue weighted by molar-refractivity contribution is -0.117. The van der Waals surface area contributed by atoms with Crippen molar-refractivity contribution in [2.24, 2.45) is 11.7 Å². The molecule has 1 aromatic rings. The summed E-state index contributed by atoms with van der Waals surface area (Å²) >= 11 is 0. The standard InChI is InChI=1S/C17H22N2O3/c1-2-21-15-5-3-4-12-8-13(10-22-16(12)15)17(20)19-9-14(18)11-6-7-11/h3-5,8,11,14H,2,6-7,9-10,18H2,1H3,(H,19,20). The Bertz CT molecular complexity index is 594. The van der Waals surface area contributed by atoms with Crippen LogP contribution in [0.25, 0.3) is 6.08 Å². The Kier molecular flexibility index (Phi) is 4.34. The highest BCUT2D eigenvalue weighted by Gasteiger charge is 2.29. The fourth-order valence-electron chi connectivity index (χ4n) is 2.60. The van der Waals surface area contributed by atoms with Crippen LogP contribution >= 0.6 is 0 Å². The normalized spacial score (nSPS) is 17.8. The van der Waals surface area contributed by atoms with Crippen molar-refractivity contribution < 1.29 is 14.3 Å². The molecule has 1 heterocycles. The molecule has 2 aliphatic rings. The molecule has 22 heavy (non-hydrogen) atoms. The Labute approximate surface area is 130 Å². The fourth-order valence-corrected chi connectivity index (χ4v) is 2.60. The predicted molar refractivity (Wildman–Crippen MR) is 84.8 cm³/mol. The number of nitrogens with one attached hydrogen (secondary N) is 1. The van der Waals surface area contributed by atoms with Gasteiger partial charge in [-0.1, -0.05) is 12.1 Å². The quantitative estimate of drug-likeness (QED) is 0.839. The van der Waals surface area contributed by atoms with Crippen LogP contribution in [-0.4, -0.2) is 31.7 Å². The Hall–Kier alpha value is -2.01. The minimum absolute atomic E-state index is 0.0610. The number of carbonyl (C=O) groups excluding carboxylic acids is 1. The third-order valence-electron chi connectivity index (χ3n) is 4.03. The van der Waals surface area contributed by atoms with Gasteiger partial charge in [-0.15, -0.1) is 0 Å². The summed E-state index contributed by atoms with van der Waals surface area (Å²) in [7, 11) is 0. The van der Waals surface area contributed by atoms with Gasteiger partial charge in [0.1, 0.15) is 6.61 Å². The lowest BCUT2D eigenvalue weighted by Crippen LogP contribution is -2.40. The zero-order valence-electron chi connectivity index (χ0n) is 12.8. The first-order valence-corrected chi connectivity index (χ1v) is 7.82. The molecule has 118 valence electrons. The number of ether oxygens (including phenoxy) is 2. The number of para-hydroxylation sites is 1. The molecule has 1 fully saturated rings. The molecule has 1 saturated carbocycles. The summed E-state index contributed by atoms with van der Waals surface area (Å²) in [4.78, 5) is 12.2. The largest absolute Gasteiger partial charge is 0.490 e. The van der Waals surface area contributed by atoms with E-state index in [2.05, 4.69) is 5.32 Å². The molecule has 3 rings (SSSR count). The lowest BCUT2D eigenvalue weighted by Gasteiger charge is -2.20. The highest BCUT2D eigenvalue weighted by molar-refractivity contribution is 5.99. The first-order valence-electron chi connectivity index (χ1n) is 7.82. The number of nitrogens with two attached hydrogens (primary N) is 1. The van der Waals surface area contributed by atoms with Gasteiger partial charge in [-0.3, -0.25) is 4.79 Å². The molecule has 1 atom stereocenters. The molecule has 0 saturated heterocycles. The van der Waals surface area contributed by atoms with Crippen LogP contribution in [0.3, 0.4) is 0 Å². The number of fused-ring (bicyclic) bond motifs is 1. The molecule has 0 aromatic heterocycles. The van der Waals surface area contributed by atoms with E-state index >= 15 is 0 Å². The average molecular weight is 302 g/mol. The second-order valence-electron chi connectivity index (χ2n) is 5.78. The molecule has 1 aliphatic heterocycles. The molecule has 1 unspecified atom stereocenters. The van der Waals surface area contributed by atoms with E-state index in [0.717, 1.165) is 5.56 Å². The Morgan fingerprint density at radius 3 is 3.05 bits per heavy atom. The molecule has 1 amide bonds. The zero-order valence-corrected chi connectivity index (χ0v) is 12.8. The van der Waals surface area contributed by atoms with Gasteiger partial charge in [0.2, 0.25) is 0 Å². The van der Waals surface area contributed by atoms with Crippen LogP contribution in [0.1, 0.15) is 25.3 Å². The predicted octanol–water partition coefficient (Wildman–Crippen LogP) is 1.71. The van der Waals surface area contributed by atoms with Gasteiger partial charge in [0.15, 0.2) is 11.5 Å². The maximum Gasteiger partial charge on any atom is 0.250 e. The van der Waals surface area contributed by atoms with Gasteiger partial charge in [-0.25, -0.2) is 0 Å². The summed E-state index contributed by atoms with van der Waals surface area (Å²) in [6.45, 7) is 3.28. The minimum atomic E-state index is -0.108.